The van der Waals surface area contributed by atoms with E-state index in [2.05, 4.69) is 10.3 Å². The number of H-pyrrole nitrogens is 1. The molecule has 7 rings (SSSR count). The van der Waals surface area contributed by atoms with Gasteiger partial charge in [-0.3, -0.25) is 28.9 Å². The predicted octanol–water partition coefficient (Wildman–Crippen LogP) is 5.10. The first kappa shape index (κ1) is 30.3. The van der Waals surface area contributed by atoms with Crippen molar-refractivity contribution in [3.8, 4) is 5.75 Å². The van der Waals surface area contributed by atoms with E-state index in [9.17, 15) is 24.0 Å². The van der Waals surface area contributed by atoms with Gasteiger partial charge in [-0.05, 0) is 66.5 Å². The molecule has 1 saturated heterocycles. The first-order valence-corrected chi connectivity index (χ1v) is 17.0. The van der Waals surface area contributed by atoms with Gasteiger partial charge in [0, 0.05) is 34.7 Å². The number of thiazole rings is 1. The zero-order valence-electron chi connectivity index (χ0n) is 23.5. The van der Waals surface area contributed by atoms with Crippen molar-refractivity contribution in [1.29, 1.82) is 0 Å². The molecule has 6 unspecified atom stereocenters. The fraction of sp³-hybridized carbons (Fsp3) is 0.387. The lowest BCUT2D eigenvalue weighted by atomic mass is 9.68. The Kier molecular flexibility index (Phi) is 7.95. The zero-order valence-corrected chi connectivity index (χ0v) is 26.7. The number of aromatic amines is 1. The third-order valence-corrected chi connectivity index (χ3v) is 12.7. The summed E-state index contributed by atoms with van der Waals surface area (Å²) in [4.78, 5) is 68.1. The van der Waals surface area contributed by atoms with Crippen molar-refractivity contribution < 1.29 is 29.0 Å². The third-order valence-electron chi connectivity index (χ3n) is 9.40. The highest BCUT2D eigenvalue weighted by Crippen LogP contribution is 2.68. The van der Waals surface area contributed by atoms with Crippen molar-refractivity contribution in [2.24, 2.45) is 29.6 Å². The molecule has 2 aliphatic heterocycles. The number of carboxylic acid groups (broad SMARTS) is 1. The highest BCUT2D eigenvalue weighted by molar-refractivity contribution is 8.00. The van der Waals surface area contributed by atoms with Crippen LogP contribution in [0, 0.1) is 29.6 Å². The molecule has 3 heterocycles. The van der Waals surface area contributed by atoms with Crippen LogP contribution in [-0.4, -0.2) is 57.1 Å². The molecule has 3 aromatic rings. The summed E-state index contributed by atoms with van der Waals surface area (Å²) in [6.07, 6.45) is 0.899. The second-order valence-corrected chi connectivity index (χ2v) is 14.8. The number of carbonyl (C=O) groups excluding carboxylic acids is 3. The van der Waals surface area contributed by atoms with Crippen LogP contribution in [-0.2, 0) is 19.2 Å². The average molecular weight is 689 g/mol. The molecule has 2 saturated carbocycles. The lowest BCUT2D eigenvalue weighted by Gasteiger charge is -2.43. The van der Waals surface area contributed by atoms with Crippen LogP contribution >= 0.6 is 46.3 Å². The van der Waals surface area contributed by atoms with Crippen molar-refractivity contribution in [2.45, 2.75) is 35.5 Å². The number of aliphatic carboxylic acids is 1. The van der Waals surface area contributed by atoms with Gasteiger partial charge in [-0.2, -0.15) is 0 Å². The molecule has 7 atom stereocenters. The Bertz CT molecular complexity index is 1780. The standard InChI is InChI=1S/C31H27Cl2N3O7S2/c32-18-8-5-14(10-19(18)33)34-20(37)12-43-15-6-3-13(4-7-15)22-23-16-11-17(26(23)44-28-27(22)45-31(42)35-28)25-24(16)29(40)36(30(25)41)9-1-2-21(38)39/h3-8,10,16-17,22-26H,1-2,9,11-12H2,(H,34,37)(H,35,42)(H,38,39)/t16?,17?,22-,23?,24?,25?,26?/m1/s1. The number of fused-ring (bicyclic) bond motifs is 9. The molecule has 2 aliphatic carbocycles. The Hall–Kier alpha value is -3.32. The van der Waals surface area contributed by atoms with Gasteiger partial charge in [0.25, 0.3) is 5.91 Å². The Labute approximate surface area is 275 Å². The average Bonchev–Trinajstić information content (AvgIpc) is 3.74. The van der Waals surface area contributed by atoms with E-state index in [0.717, 1.165) is 21.9 Å². The van der Waals surface area contributed by atoms with Gasteiger partial charge < -0.3 is 20.1 Å². The van der Waals surface area contributed by atoms with Gasteiger partial charge in [0.15, 0.2) is 6.61 Å². The summed E-state index contributed by atoms with van der Waals surface area (Å²) in [5.74, 6) is -2.19. The molecule has 2 aromatic carbocycles. The van der Waals surface area contributed by atoms with Crippen molar-refractivity contribution in [2.75, 3.05) is 18.5 Å². The molecule has 45 heavy (non-hydrogen) atoms. The number of hydrogen-bond donors (Lipinski definition) is 3. The molecule has 4 aliphatic rings. The van der Waals surface area contributed by atoms with Crippen LogP contribution in [0.25, 0.3) is 0 Å². The highest BCUT2D eigenvalue weighted by atomic mass is 35.5. The molecule has 2 bridgehead atoms. The Morgan fingerprint density at radius 1 is 1.02 bits per heavy atom. The van der Waals surface area contributed by atoms with Crippen molar-refractivity contribution >= 4 is 75.7 Å². The molecule has 234 valence electrons. The fourth-order valence-electron chi connectivity index (χ4n) is 7.75. The minimum atomic E-state index is -0.956. The Morgan fingerprint density at radius 2 is 1.76 bits per heavy atom. The number of thioether (sulfide) groups is 1. The number of hydrogen-bond acceptors (Lipinski definition) is 8. The summed E-state index contributed by atoms with van der Waals surface area (Å²) in [6, 6.07) is 12.2. The van der Waals surface area contributed by atoms with Crippen LogP contribution in [0.2, 0.25) is 10.0 Å². The Morgan fingerprint density at radius 3 is 2.47 bits per heavy atom. The van der Waals surface area contributed by atoms with E-state index >= 15 is 0 Å². The van der Waals surface area contributed by atoms with Crippen molar-refractivity contribution in [3.63, 3.8) is 0 Å². The van der Waals surface area contributed by atoms with Gasteiger partial charge in [-0.15, -0.1) is 11.8 Å². The van der Waals surface area contributed by atoms with E-state index in [1.807, 2.05) is 12.1 Å². The topological polar surface area (TPSA) is 146 Å². The summed E-state index contributed by atoms with van der Waals surface area (Å²) in [5, 5.41) is 13.3. The molecule has 14 heteroatoms. The van der Waals surface area contributed by atoms with Crippen LogP contribution in [0.5, 0.6) is 5.75 Å². The van der Waals surface area contributed by atoms with Crippen LogP contribution in [0.1, 0.15) is 35.6 Å². The van der Waals surface area contributed by atoms with Gasteiger partial charge in [-0.1, -0.05) is 46.7 Å². The van der Waals surface area contributed by atoms with Crippen molar-refractivity contribution in [3.05, 3.63) is 72.6 Å². The number of aromatic nitrogens is 1. The molecular formula is C31H27Cl2N3O7S2. The molecule has 3 N–H and O–H groups in total. The first-order valence-electron chi connectivity index (χ1n) is 14.5. The predicted molar refractivity (Wildman–Crippen MR) is 169 cm³/mol. The van der Waals surface area contributed by atoms with Gasteiger partial charge in [0.1, 0.15) is 5.75 Å². The van der Waals surface area contributed by atoms with Gasteiger partial charge in [0.2, 0.25) is 11.8 Å². The van der Waals surface area contributed by atoms with Gasteiger partial charge in [0.05, 0.1) is 26.9 Å². The Balaban J connectivity index is 1.10. The summed E-state index contributed by atoms with van der Waals surface area (Å²) >= 11 is 14.8. The molecular weight excluding hydrogens is 661 g/mol. The van der Waals surface area contributed by atoms with Crippen LogP contribution < -0.4 is 14.9 Å². The normalized spacial score (nSPS) is 27.7. The van der Waals surface area contributed by atoms with E-state index in [4.69, 9.17) is 33.0 Å². The summed E-state index contributed by atoms with van der Waals surface area (Å²) in [5.41, 5.74) is 1.46. The number of rotatable bonds is 9. The lowest BCUT2D eigenvalue weighted by molar-refractivity contribution is -0.142. The smallest absolute Gasteiger partial charge is 0.305 e. The maximum atomic E-state index is 13.6. The van der Waals surface area contributed by atoms with Crippen molar-refractivity contribution in [1.82, 2.24) is 9.88 Å². The van der Waals surface area contributed by atoms with Crippen LogP contribution in [0.15, 0.2) is 52.3 Å². The number of likely N-dealkylation sites (tertiary alicyclic amines) is 1. The number of imide groups is 1. The number of carbonyl (C=O) groups is 4. The summed E-state index contributed by atoms with van der Waals surface area (Å²) in [7, 11) is 0. The molecule has 1 aromatic heterocycles. The summed E-state index contributed by atoms with van der Waals surface area (Å²) < 4.78 is 5.73. The number of anilines is 1. The number of nitrogens with one attached hydrogen (secondary N) is 2. The first-order chi connectivity index (χ1) is 21.6. The minimum absolute atomic E-state index is 0.00776. The number of carboxylic acids is 1. The molecule has 0 spiro atoms. The number of halogens is 2. The second-order valence-electron chi connectivity index (χ2n) is 11.8. The lowest BCUT2D eigenvalue weighted by Crippen LogP contribution is -2.42. The van der Waals surface area contributed by atoms with E-state index in [-0.39, 0.29) is 77.5 Å². The molecule has 3 amide bonds. The number of nitrogens with zero attached hydrogens (tertiary/aromatic N) is 1. The van der Waals surface area contributed by atoms with Gasteiger partial charge in [-0.25, -0.2) is 0 Å². The molecule has 10 nitrogen and oxygen atoms in total. The van der Waals surface area contributed by atoms with Gasteiger partial charge >= 0.3 is 10.8 Å². The van der Waals surface area contributed by atoms with Crippen LogP contribution in [0.4, 0.5) is 5.69 Å². The SMILES string of the molecule is O=C(O)CCCN1C(=O)C2C3CC(C2C1=O)C1C3Sc2[nH]c(=O)sc2[C@@H]1c1ccc(OCC(=O)Nc2ccc(Cl)c(Cl)c2)cc1. The zero-order chi connectivity index (χ0) is 31.6. The monoisotopic (exact) mass is 687 g/mol. The largest absolute Gasteiger partial charge is 0.484 e. The third kappa shape index (κ3) is 5.35. The maximum Gasteiger partial charge on any atom is 0.305 e. The van der Waals surface area contributed by atoms with Crippen LogP contribution in [0.3, 0.4) is 0 Å². The van der Waals surface area contributed by atoms with E-state index in [0.29, 0.717) is 21.5 Å². The minimum Gasteiger partial charge on any atom is -0.484 e. The fourth-order valence-corrected chi connectivity index (χ4v) is 10.9. The number of ether oxygens (including phenoxy) is 1. The second kappa shape index (κ2) is 11.8. The quantitative estimate of drug-likeness (QED) is 0.264. The molecule has 3 fully saturated rings. The van der Waals surface area contributed by atoms with E-state index < -0.39 is 17.8 Å². The summed E-state index contributed by atoms with van der Waals surface area (Å²) in [6.45, 7) is -0.101. The number of benzene rings is 2. The maximum absolute atomic E-state index is 13.6. The van der Waals surface area contributed by atoms with E-state index in [1.54, 1.807) is 42.1 Å². The molecule has 0 radical (unpaired) electrons. The van der Waals surface area contributed by atoms with E-state index in [1.165, 1.54) is 16.2 Å². The highest BCUT2D eigenvalue weighted by Gasteiger charge is 2.69. The number of amides is 3.